The van der Waals surface area contributed by atoms with Crippen molar-refractivity contribution in [2.45, 2.75) is 50.8 Å². The van der Waals surface area contributed by atoms with Crippen LogP contribution in [0.15, 0.2) is 48.7 Å². The number of benzene rings is 2. The number of aliphatic hydroxyl groups is 1. The van der Waals surface area contributed by atoms with E-state index in [9.17, 15) is 9.90 Å². The van der Waals surface area contributed by atoms with Gasteiger partial charge in [0.2, 0.25) is 0 Å². The zero-order valence-electron chi connectivity index (χ0n) is 21.7. The number of nitrogen functional groups attached to an aromatic ring is 1. The van der Waals surface area contributed by atoms with Gasteiger partial charge in [-0.05, 0) is 87.6 Å². The Morgan fingerprint density at radius 1 is 1.08 bits per heavy atom. The molecule has 0 aliphatic carbocycles. The third-order valence-corrected chi connectivity index (χ3v) is 8.40. The van der Waals surface area contributed by atoms with E-state index < -0.39 is 5.82 Å². The second kappa shape index (κ2) is 10.0. The number of hydrogen-bond acceptors (Lipinski definition) is 5. The zero-order valence-corrected chi connectivity index (χ0v) is 21.7. The molecule has 2 aliphatic heterocycles. The monoisotopic (exact) mass is 515 g/mol. The second-order valence-corrected chi connectivity index (χ2v) is 10.8. The van der Waals surface area contributed by atoms with Gasteiger partial charge in [0.15, 0.2) is 0 Å². The lowest BCUT2D eigenvalue weighted by molar-refractivity contribution is 0.0608. The number of aromatic nitrogens is 2. The number of carbonyl (C=O) groups is 1. The van der Waals surface area contributed by atoms with Gasteiger partial charge in [0.1, 0.15) is 11.6 Å². The predicted octanol–water partition coefficient (Wildman–Crippen LogP) is 5.04. The fraction of sp³-hybridized carbons (Fsp3) is 0.400. The van der Waals surface area contributed by atoms with Crippen molar-refractivity contribution in [3.63, 3.8) is 0 Å². The van der Waals surface area contributed by atoms with E-state index in [2.05, 4.69) is 52.0 Å². The normalized spacial score (nSPS) is 19.4. The predicted molar refractivity (Wildman–Crippen MR) is 147 cm³/mol. The fourth-order valence-electron chi connectivity index (χ4n) is 6.38. The van der Waals surface area contributed by atoms with Crippen LogP contribution in [0.4, 0.5) is 10.2 Å². The number of pyridine rings is 1. The number of anilines is 1. The highest BCUT2D eigenvalue weighted by atomic mass is 19.1. The van der Waals surface area contributed by atoms with Gasteiger partial charge in [0.25, 0.3) is 5.91 Å². The molecule has 2 aromatic heterocycles. The summed E-state index contributed by atoms with van der Waals surface area (Å²) in [6, 6.07) is 13.2. The number of rotatable bonds is 4. The smallest absolute Gasteiger partial charge is 0.257 e. The molecule has 1 unspecified atom stereocenters. The molecule has 1 amide bonds. The first-order chi connectivity index (χ1) is 18.4. The van der Waals surface area contributed by atoms with Crippen molar-refractivity contribution in [3.8, 4) is 0 Å². The summed E-state index contributed by atoms with van der Waals surface area (Å²) in [4.78, 5) is 22.3. The van der Waals surface area contributed by atoms with E-state index in [1.807, 2.05) is 4.90 Å². The molecule has 4 heterocycles. The number of halogens is 1. The minimum atomic E-state index is -0.625. The number of amides is 1. The number of nitrogens with two attached hydrogens (primary N) is 1. The molecule has 2 fully saturated rings. The molecule has 0 spiro atoms. The molecule has 2 aromatic carbocycles. The van der Waals surface area contributed by atoms with E-state index in [1.54, 1.807) is 6.07 Å². The van der Waals surface area contributed by atoms with Crippen molar-refractivity contribution in [2.75, 3.05) is 32.4 Å². The first-order valence-corrected chi connectivity index (χ1v) is 13.5. The van der Waals surface area contributed by atoms with Gasteiger partial charge < -0.3 is 25.2 Å². The highest BCUT2D eigenvalue weighted by molar-refractivity contribution is 6.00. The summed E-state index contributed by atoms with van der Waals surface area (Å²) in [5.74, 6) is -0.751. The van der Waals surface area contributed by atoms with Crippen LogP contribution >= 0.6 is 0 Å². The molecule has 2 saturated heterocycles. The Bertz CT molecular complexity index is 1510. The Kier molecular flexibility index (Phi) is 6.53. The van der Waals surface area contributed by atoms with Crippen LogP contribution in [-0.4, -0.2) is 57.0 Å². The standard InChI is InChI=1S/C30H34FN5O2/c1-34-12-8-20(9-13-34)35-14-10-22-21(5-4-7-27(22)35)28-6-2-3-11-36(28)30(38)24-16-23-19(18-37)15-29(32)33-26(23)17-25(24)31/h4-5,7,10,14-17,20,28,37H,2-3,6,8-9,11-13,18H2,1H3,(H2,32,33). The minimum absolute atomic E-state index is 0.00161. The lowest BCUT2D eigenvalue weighted by Gasteiger charge is -2.37. The first-order valence-electron chi connectivity index (χ1n) is 13.5. The molecule has 6 rings (SSSR count). The van der Waals surface area contributed by atoms with Crippen molar-refractivity contribution >= 4 is 33.5 Å². The largest absolute Gasteiger partial charge is 0.392 e. The van der Waals surface area contributed by atoms with E-state index in [0.29, 0.717) is 29.1 Å². The molecule has 0 bridgehead atoms. The van der Waals surface area contributed by atoms with Gasteiger partial charge in [-0.3, -0.25) is 4.79 Å². The summed E-state index contributed by atoms with van der Waals surface area (Å²) in [6.07, 6.45) is 7.16. The van der Waals surface area contributed by atoms with Gasteiger partial charge in [-0.1, -0.05) is 12.1 Å². The molecule has 3 N–H and O–H groups in total. The second-order valence-electron chi connectivity index (χ2n) is 10.8. The van der Waals surface area contributed by atoms with E-state index in [-0.39, 0.29) is 29.9 Å². The molecule has 7 nitrogen and oxygen atoms in total. The molecule has 198 valence electrons. The number of hydrogen-bond donors (Lipinski definition) is 2. The van der Waals surface area contributed by atoms with Crippen LogP contribution in [0, 0.1) is 5.82 Å². The van der Waals surface area contributed by atoms with Crippen molar-refractivity contribution in [1.82, 2.24) is 19.4 Å². The topological polar surface area (TPSA) is 87.6 Å². The third kappa shape index (κ3) is 4.31. The SMILES string of the molecule is CN1CCC(n2ccc3c(C4CCCCN4C(=O)c4cc5c(CO)cc(N)nc5cc4F)cccc32)CC1. The van der Waals surface area contributed by atoms with Crippen LogP contribution in [0.5, 0.6) is 0 Å². The van der Waals surface area contributed by atoms with Gasteiger partial charge in [-0.15, -0.1) is 0 Å². The number of aliphatic hydroxyl groups excluding tert-OH is 1. The maximum Gasteiger partial charge on any atom is 0.257 e. The van der Waals surface area contributed by atoms with E-state index in [4.69, 9.17) is 5.73 Å². The zero-order chi connectivity index (χ0) is 26.4. The number of carbonyl (C=O) groups excluding carboxylic acids is 1. The van der Waals surface area contributed by atoms with E-state index in [1.165, 1.54) is 17.6 Å². The van der Waals surface area contributed by atoms with Crippen molar-refractivity contribution in [2.24, 2.45) is 0 Å². The molecule has 0 radical (unpaired) electrons. The number of fused-ring (bicyclic) bond motifs is 2. The van der Waals surface area contributed by atoms with Crippen LogP contribution in [0.25, 0.3) is 21.8 Å². The molecule has 38 heavy (non-hydrogen) atoms. The Hall–Kier alpha value is -3.49. The molecule has 0 saturated carbocycles. The van der Waals surface area contributed by atoms with Crippen molar-refractivity contribution < 1.29 is 14.3 Å². The number of nitrogens with zero attached hydrogens (tertiary/aromatic N) is 4. The van der Waals surface area contributed by atoms with Gasteiger partial charge >= 0.3 is 0 Å². The summed E-state index contributed by atoms with van der Waals surface area (Å²) in [5.41, 5.74) is 9.00. The lowest BCUT2D eigenvalue weighted by atomic mass is 9.92. The minimum Gasteiger partial charge on any atom is -0.392 e. The van der Waals surface area contributed by atoms with Crippen LogP contribution in [-0.2, 0) is 6.61 Å². The highest BCUT2D eigenvalue weighted by Gasteiger charge is 2.32. The summed E-state index contributed by atoms with van der Waals surface area (Å²) in [5, 5.41) is 11.5. The van der Waals surface area contributed by atoms with Crippen molar-refractivity contribution in [1.29, 1.82) is 0 Å². The van der Waals surface area contributed by atoms with Gasteiger partial charge in [-0.2, -0.15) is 0 Å². The molecular weight excluding hydrogens is 481 g/mol. The third-order valence-electron chi connectivity index (χ3n) is 8.40. The molecule has 1 atom stereocenters. The summed E-state index contributed by atoms with van der Waals surface area (Å²) >= 11 is 0. The van der Waals surface area contributed by atoms with E-state index >= 15 is 4.39 Å². The van der Waals surface area contributed by atoms with Crippen LogP contribution in [0.1, 0.15) is 65.7 Å². The summed E-state index contributed by atoms with van der Waals surface area (Å²) in [6.45, 7) is 2.48. The van der Waals surface area contributed by atoms with Gasteiger partial charge in [0, 0.05) is 41.1 Å². The quantitative estimate of drug-likeness (QED) is 0.398. The lowest BCUT2D eigenvalue weighted by Crippen LogP contribution is -2.39. The highest BCUT2D eigenvalue weighted by Crippen LogP contribution is 2.38. The average molecular weight is 516 g/mol. The van der Waals surface area contributed by atoms with E-state index in [0.717, 1.165) is 56.1 Å². The average Bonchev–Trinajstić information content (AvgIpc) is 3.36. The first kappa shape index (κ1) is 24.8. The molecule has 4 aromatic rings. The Balaban J connectivity index is 1.37. The number of likely N-dealkylation sites (tertiary alicyclic amines) is 2. The maximum atomic E-state index is 15.3. The molecular formula is C30H34FN5O2. The Labute approximate surface area is 221 Å². The summed E-state index contributed by atoms with van der Waals surface area (Å²) < 4.78 is 17.7. The van der Waals surface area contributed by atoms with Gasteiger partial charge in [-0.25, -0.2) is 9.37 Å². The van der Waals surface area contributed by atoms with Crippen LogP contribution < -0.4 is 5.73 Å². The fourth-order valence-corrected chi connectivity index (χ4v) is 6.38. The Morgan fingerprint density at radius 2 is 1.89 bits per heavy atom. The maximum absolute atomic E-state index is 15.3. The van der Waals surface area contributed by atoms with Crippen LogP contribution in [0.3, 0.4) is 0 Å². The molecule has 2 aliphatic rings. The number of piperidine rings is 2. The van der Waals surface area contributed by atoms with Crippen molar-refractivity contribution in [3.05, 3.63) is 71.2 Å². The van der Waals surface area contributed by atoms with Gasteiger partial charge in [0.05, 0.1) is 23.7 Å². The summed E-state index contributed by atoms with van der Waals surface area (Å²) in [7, 11) is 2.17. The van der Waals surface area contributed by atoms with Crippen LogP contribution in [0.2, 0.25) is 0 Å². The Morgan fingerprint density at radius 3 is 2.68 bits per heavy atom. The molecule has 8 heteroatoms.